The highest BCUT2D eigenvalue weighted by Crippen LogP contribution is 2.32. The number of imidazole rings is 1. The second kappa shape index (κ2) is 5.65. The van der Waals surface area contributed by atoms with Crippen LogP contribution in [0.4, 0.5) is 11.6 Å². The highest BCUT2D eigenvalue weighted by Gasteiger charge is 2.34. The molecular weight excluding hydrogens is 328 g/mol. The number of hydrogen-bond donors (Lipinski definition) is 2. The number of fused-ring (bicyclic) bond motifs is 3. The lowest BCUT2D eigenvalue weighted by Gasteiger charge is -2.12. The molecule has 1 aliphatic rings. The quantitative estimate of drug-likeness (QED) is 0.768. The summed E-state index contributed by atoms with van der Waals surface area (Å²) in [5.74, 6) is -0.0526. The fraction of sp³-hybridized carbons (Fsp3) is 0.118. The Balaban J connectivity index is 1.60. The average Bonchev–Trinajstić information content (AvgIpc) is 3.06. The van der Waals surface area contributed by atoms with Crippen molar-refractivity contribution in [2.24, 2.45) is 0 Å². The van der Waals surface area contributed by atoms with Crippen LogP contribution in [0.25, 0.3) is 11.0 Å². The van der Waals surface area contributed by atoms with E-state index in [9.17, 15) is 9.59 Å². The molecule has 1 unspecified atom stereocenters. The molecule has 2 amide bonds. The Morgan fingerprint density at radius 1 is 1.21 bits per heavy atom. The minimum Gasteiger partial charge on any atom is -0.325 e. The lowest BCUT2D eigenvalue weighted by Crippen LogP contribution is -2.23. The van der Waals surface area contributed by atoms with Crippen molar-refractivity contribution < 1.29 is 9.59 Å². The maximum atomic E-state index is 12.4. The van der Waals surface area contributed by atoms with Crippen molar-refractivity contribution in [2.45, 2.75) is 12.5 Å². The first kappa shape index (κ1) is 14.7. The molecule has 0 saturated carbocycles. The summed E-state index contributed by atoms with van der Waals surface area (Å²) in [4.78, 5) is 28.9. The molecule has 0 saturated heterocycles. The number of aromatic nitrogens is 2. The predicted octanol–water partition coefficient (Wildman–Crippen LogP) is 3.21. The van der Waals surface area contributed by atoms with E-state index >= 15 is 0 Å². The number of rotatable bonds is 3. The van der Waals surface area contributed by atoms with Crippen molar-refractivity contribution in [2.75, 3.05) is 10.6 Å². The van der Waals surface area contributed by atoms with Crippen molar-refractivity contribution >= 4 is 46.1 Å². The molecule has 120 valence electrons. The highest BCUT2D eigenvalue weighted by molar-refractivity contribution is 6.33. The number of anilines is 2. The molecule has 2 aromatic carbocycles. The Bertz CT molecular complexity index is 966. The fourth-order valence-corrected chi connectivity index (χ4v) is 3.07. The molecule has 1 aromatic heterocycles. The number of carbonyl (C=O) groups excluding carboxylic acids is 2. The van der Waals surface area contributed by atoms with Crippen LogP contribution in [0.5, 0.6) is 0 Å². The maximum Gasteiger partial charge on any atom is 0.250 e. The molecule has 6 nitrogen and oxygen atoms in total. The molecule has 0 radical (unpaired) electrons. The summed E-state index contributed by atoms with van der Waals surface area (Å²) in [6, 6.07) is 13.9. The van der Waals surface area contributed by atoms with Crippen LogP contribution in [0, 0.1) is 0 Å². The normalized spacial score (nSPS) is 16.0. The summed E-state index contributed by atoms with van der Waals surface area (Å²) < 4.78 is 1.77. The summed E-state index contributed by atoms with van der Waals surface area (Å²) >= 11 is 6.05. The van der Waals surface area contributed by atoms with Gasteiger partial charge in [-0.2, -0.15) is 0 Å². The zero-order valence-corrected chi connectivity index (χ0v) is 13.2. The molecule has 24 heavy (non-hydrogen) atoms. The second-order valence-electron chi connectivity index (χ2n) is 5.53. The van der Waals surface area contributed by atoms with Gasteiger partial charge < -0.3 is 5.32 Å². The third-order valence-electron chi connectivity index (χ3n) is 3.97. The van der Waals surface area contributed by atoms with E-state index in [0.717, 1.165) is 11.0 Å². The van der Waals surface area contributed by atoms with E-state index in [-0.39, 0.29) is 18.2 Å². The number of carbonyl (C=O) groups is 2. The Morgan fingerprint density at radius 2 is 1.96 bits per heavy atom. The average molecular weight is 341 g/mol. The number of halogens is 1. The molecule has 3 aromatic rings. The van der Waals surface area contributed by atoms with E-state index in [1.54, 1.807) is 28.8 Å². The van der Waals surface area contributed by atoms with E-state index in [4.69, 9.17) is 11.6 Å². The van der Waals surface area contributed by atoms with Gasteiger partial charge >= 0.3 is 0 Å². The summed E-state index contributed by atoms with van der Waals surface area (Å²) in [7, 11) is 0. The van der Waals surface area contributed by atoms with Crippen LogP contribution in [0.2, 0.25) is 5.02 Å². The zero-order valence-electron chi connectivity index (χ0n) is 12.5. The third kappa shape index (κ3) is 2.41. The van der Waals surface area contributed by atoms with Gasteiger partial charge in [-0.1, -0.05) is 35.9 Å². The van der Waals surface area contributed by atoms with E-state index in [1.807, 2.05) is 24.3 Å². The van der Waals surface area contributed by atoms with Crippen LogP contribution in [0.15, 0.2) is 48.5 Å². The van der Waals surface area contributed by atoms with E-state index in [1.165, 1.54) is 0 Å². The number of benzene rings is 2. The highest BCUT2D eigenvalue weighted by atomic mass is 35.5. The summed E-state index contributed by atoms with van der Waals surface area (Å²) in [6.07, 6.45) is 0.00438. The SMILES string of the molecule is O=C(CC1C(=O)Nc2nc3ccccc3n21)Nc1ccccc1Cl. The third-order valence-corrected chi connectivity index (χ3v) is 4.30. The topological polar surface area (TPSA) is 76.0 Å². The molecule has 0 spiro atoms. The van der Waals surface area contributed by atoms with Gasteiger partial charge in [0, 0.05) is 0 Å². The van der Waals surface area contributed by atoms with Gasteiger partial charge in [-0.25, -0.2) is 4.98 Å². The van der Waals surface area contributed by atoms with Gasteiger partial charge in [0.2, 0.25) is 17.8 Å². The second-order valence-corrected chi connectivity index (χ2v) is 5.94. The van der Waals surface area contributed by atoms with Gasteiger partial charge in [0.15, 0.2) is 0 Å². The van der Waals surface area contributed by atoms with Crippen LogP contribution >= 0.6 is 11.6 Å². The molecule has 4 rings (SSSR count). The molecule has 0 aliphatic carbocycles. The molecule has 0 bridgehead atoms. The first-order valence-electron chi connectivity index (χ1n) is 7.46. The minimum atomic E-state index is -0.630. The van der Waals surface area contributed by atoms with Crippen molar-refractivity contribution in [1.29, 1.82) is 0 Å². The Morgan fingerprint density at radius 3 is 2.79 bits per heavy atom. The largest absolute Gasteiger partial charge is 0.325 e. The predicted molar refractivity (Wildman–Crippen MR) is 92.1 cm³/mol. The van der Waals surface area contributed by atoms with Gasteiger partial charge in [-0.15, -0.1) is 0 Å². The standard InChI is InChI=1S/C17H13ClN4O2/c18-10-5-1-2-6-11(10)19-15(23)9-14-16(24)21-17-20-12-7-3-4-8-13(12)22(14)17/h1-8,14H,9H2,(H,19,23)(H,20,21,24). The molecule has 1 aliphatic heterocycles. The van der Waals surface area contributed by atoms with Gasteiger partial charge in [0.25, 0.3) is 0 Å². The smallest absolute Gasteiger partial charge is 0.250 e. The van der Waals surface area contributed by atoms with E-state index in [2.05, 4.69) is 15.6 Å². The lowest BCUT2D eigenvalue weighted by atomic mass is 10.1. The number of hydrogen-bond acceptors (Lipinski definition) is 3. The van der Waals surface area contributed by atoms with Crippen molar-refractivity contribution in [3.05, 3.63) is 53.6 Å². The van der Waals surface area contributed by atoms with Crippen LogP contribution in [0.1, 0.15) is 12.5 Å². The van der Waals surface area contributed by atoms with Crippen LogP contribution < -0.4 is 10.6 Å². The lowest BCUT2D eigenvalue weighted by molar-refractivity contribution is -0.123. The van der Waals surface area contributed by atoms with Crippen LogP contribution in [-0.2, 0) is 9.59 Å². The van der Waals surface area contributed by atoms with Gasteiger partial charge in [0.05, 0.1) is 28.2 Å². The molecule has 1 atom stereocenters. The Hall–Kier alpha value is -2.86. The Labute approximate surface area is 142 Å². The fourth-order valence-electron chi connectivity index (χ4n) is 2.88. The number of nitrogens with one attached hydrogen (secondary N) is 2. The molecule has 2 heterocycles. The first-order chi connectivity index (χ1) is 11.6. The molecule has 2 N–H and O–H groups in total. The molecule has 7 heteroatoms. The number of para-hydroxylation sites is 3. The number of nitrogens with zero attached hydrogens (tertiary/aromatic N) is 2. The first-order valence-corrected chi connectivity index (χ1v) is 7.83. The monoisotopic (exact) mass is 340 g/mol. The summed E-state index contributed by atoms with van der Waals surface area (Å²) in [5.41, 5.74) is 2.13. The van der Waals surface area contributed by atoms with Crippen molar-refractivity contribution in [1.82, 2.24) is 9.55 Å². The summed E-state index contributed by atoms with van der Waals surface area (Å²) in [6.45, 7) is 0. The zero-order chi connectivity index (χ0) is 16.7. The van der Waals surface area contributed by atoms with Crippen LogP contribution in [-0.4, -0.2) is 21.4 Å². The maximum absolute atomic E-state index is 12.4. The van der Waals surface area contributed by atoms with Crippen LogP contribution in [0.3, 0.4) is 0 Å². The number of amides is 2. The van der Waals surface area contributed by atoms with Crippen molar-refractivity contribution in [3.8, 4) is 0 Å². The van der Waals surface area contributed by atoms with E-state index < -0.39 is 6.04 Å². The molecule has 0 fully saturated rings. The van der Waals surface area contributed by atoms with Gasteiger partial charge in [0.1, 0.15) is 6.04 Å². The minimum absolute atomic E-state index is 0.00438. The van der Waals surface area contributed by atoms with E-state index in [0.29, 0.717) is 16.7 Å². The van der Waals surface area contributed by atoms with Gasteiger partial charge in [-0.3, -0.25) is 19.5 Å². The summed E-state index contributed by atoms with van der Waals surface area (Å²) in [5, 5.41) is 5.92. The van der Waals surface area contributed by atoms with Crippen molar-refractivity contribution in [3.63, 3.8) is 0 Å². The van der Waals surface area contributed by atoms with Gasteiger partial charge in [-0.05, 0) is 24.3 Å². The molecular formula is C17H13ClN4O2. The Kier molecular flexibility index (Phi) is 3.46.